The molecule has 2 rings (SSSR count). The van der Waals surface area contributed by atoms with Gasteiger partial charge in [0.2, 0.25) is 0 Å². The van der Waals surface area contributed by atoms with E-state index < -0.39 is 5.60 Å². The first-order chi connectivity index (χ1) is 8.96. The van der Waals surface area contributed by atoms with Gasteiger partial charge in [-0.25, -0.2) is 0 Å². The van der Waals surface area contributed by atoms with E-state index in [9.17, 15) is 5.11 Å². The van der Waals surface area contributed by atoms with Crippen molar-refractivity contribution >= 4 is 23.2 Å². The van der Waals surface area contributed by atoms with Gasteiger partial charge >= 0.3 is 0 Å². The molecular formula is C16H16Cl2O. The zero-order valence-corrected chi connectivity index (χ0v) is 12.2. The molecular weight excluding hydrogens is 279 g/mol. The highest BCUT2D eigenvalue weighted by Gasteiger charge is 2.21. The van der Waals surface area contributed by atoms with Gasteiger partial charge in [0.05, 0.1) is 15.6 Å². The van der Waals surface area contributed by atoms with Crippen molar-refractivity contribution in [3.05, 3.63) is 69.7 Å². The van der Waals surface area contributed by atoms with Crippen LogP contribution in [0.1, 0.15) is 18.1 Å². The predicted octanol–water partition coefficient (Wildman–Crippen LogP) is 4.53. The summed E-state index contributed by atoms with van der Waals surface area (Å²) < 4.78 is 0. The van der Waals surface area contributed by atoms with E-state index >= 15 is 0 Å². The Morgan fingerprint density at radius 3 is 2.16 bits per heavy atom. The first-order valence-corrected chi connectivity index (χ1v) is 6.92. The number of halogens is 2. The zero-order valence-electron chi connectivity index (χ0n) is 10.7. The summed E-state index contributed by atoms with van der Waals surface area (Å²) in [6, 6.07) is 15.4. The van der Waals surface area contributed by atoms with Crippen LogP contribution < -0.4 is 0 Å². The molecule has 0 spiro atoms. The van der Waals surface area contributed by atoms with Gasteiger partial charge in [-0.2, -0.15) is 0 Å². The van der Waals surface area contributed by atoms with Crippen LogP contribution in [0, 0.1) is 0 Å². The molecule has 0 aromatic heterocycles. The second-order valence-electron chi connectivity index (χ2n) is 5.08. The molecule has 100 valence electrons. The fraction of sp³-hybridized carbons (Fsp3) is 0.250. The van der Waals surface area contributed by atoms with Crippen molar-refractivity contribution in [1.82, 2.24) is 0 Å². The maximum Gasteiger partial charge on any atom is 0.0700 e. The highest BCUT2D eigenvalue weighted by Crippen LogP contribution is 2.25. The van der Waals surface area contributed by atoms with E-state index in [0.717, 1.165) is 11.1 Å². The monoisotopic (exact) mass is 294 g/mol. The summed E-state index contributed by atoms with van der Waals surface area (Å²) in [5, 5.41) is 11.6. The van der Waals surface area contributed by atoms with Crippen molar-refractivity contribution in [2.24, 2.45) is 0 Å². The molecule has 0 saturated heterocycles. The summed E-state index contributed by atoms with van der Waals surface area (Å²) in [5.41, 5.74) is 1.29. The SMILES string of the molecule is CC(O)(Cc1ccccc1)Cc1ccc(Cl)c(Cl)c1. The molecule has 0 amide bonds. The van der Waals surface area contributed by atoms with Gasteiger partial charge in [0.1, 0.15) is 0 Å². The molecule has 3 heteroatoms. The molecule has 0 bridgehead atoms. The predicted molar refractivity (Wildman–Crippen MR) is 80.9 cm³/mol. The van der Waals surface area contributed by atoms with Crippen molar-refractivity contribution in [2.75, 3.05) is 0 Å². The summed E-state index contributed by atoms with van der Waals surface area (Å²) in [5.74, 6) is 0. The molecule has 0 fully saturated rings. The highest BCUT2D eigenvalue weighted by molar-refractivity contribution is 6.42. The molecule has 2 aromatic carbocycles. The Morgan fingerprint density at radius 1 is 0.895 bits per heavy atom. The number of hydrogen-bond donors (Lipinski definition) is 1. The third kappa shape index (κ3) is 4.24. The summed E-state index contributed by atoms with van der Waals surface area (Å²) in [6.07, 6.45) is 1.15. The van der Waals surface area contributed by atoms with Crippen LogP contribution in [0.4, 0.5) is 0 Å². The van der Waals surface area contributed by atoms with E-state index in [1.165, 1.54) is 0 Å². The molecule has 1 unspecified atom stereocenters. The van der Waals surface area contributed by atoms with Crippen LogP contribution in [0.2, 0.25) is 10.0 Å². The van der Waals surface area contributed by atoms with Crippen LogP contribution in [0.5, 0.6) is 0 Å². The lowest BCUT2D eigenvalue weighted by Crippen LogP contribution is -2.30. The van der Waals surface area contributed by atoms with Gasteiger partial charge in [-0.15, -0.1) is 0 Å². The minimum absolute atomic E-state index is 0.523. The second kappa shape index (κ2) is 5.96. The third-order valence-corrected chi connectivity index (χ3v) is 3.74. The summed E-state index contributed by atoms with van der Waals surface area (Å²) in [6.45, 7) is 1.84. The van der Waals surface area contributed by atoms with E-state index in [1.54, 1.807) is 6.07 Å². The van der Waals surface area contributed by atoms with Gasteiger partial charge in [0, 0.05) is 12.8 Å². The van der Waals surface area contributed by atoms with Crippen LogP contribution >= 0.6 is 23.2 Å². The molecule has 1 atom stereocenters. The van der Waals surface area contributed by atoms with Gasteiger partial charge in [-0.1, -0.05) is 59.6 Å². The van der Waals surface area contributed by atoms with Crippen molar-refractivity contribution in [3.63, 3.8) is 0 Å². The smallest absolute Gasteiger partial charge is 0.0700 e. The Kier molecular flexibility index (Phi) is 4.51. The topological polar surface area (TPSA) is 20.2 Å². The zero-order chi connectivity index (χ0) is 13.9. The standard InChI is InChI=1S/C16H16Cl2O/c1-16(19,10-12-5-3-2-4-6-12)11-13-7-8-14(17)15(18)9-13/h2-9,19H,10-11H2,1H3. The molecule has 0 heterocycles. The molecule has 1 N–H and O–H groups in total. The molecule has 0 radical (unpaired) electrons. The first kappa shape index (κ1) is 14.4. The van der Waals surface area contributed by atoms with Crippen molar-refractivity contribution < 1.29 is 5.11 Å². The molecule has 0 saturated carbocycles. The molecule has 0 aliphatic rings. The van der Waals surface area contributed by atoms with E-state index in [0.29, 0.717) is 22.9 Å². The minimum Gasteiger partial charge on any atom is -0.389 e. The van der Waals surface area contributed by atoms with Crippen molar-refractivity contribution in [2.45, 2.75) is 25.4 Å². The number of rotatable bonds is 4. The van der Waals surface area contributed by atoms with Crippen LogP contribution in [0.15, 0.2) is 48.5 Å². The molecule has 2 aromatic rings. The first-order valence-electron chi connectivity index (χ1n) is 6.16. The Hall–Kier alpha value is -1.02. The fourth-order valence-electron chi connectivity index (χ4n) is 2.19. The maximum atomic E-state index is 10.5. The average Bonchev–Trinajstić information content (AvgIpc) is 2.34. The molecule has 0 aliphatic heterocycles. The lowest BCUT2D eigenvalue weighted by Gasteiger charge is -2.23. The summed E-state index contributed by atoms with van der Waals surface area (Å²) in [7, 11) is 0. The van der Waals surface area contributed by atoms with Gasteiger partial charge in [-0.05, 0) is 30.2 Å². The quantitative estimate of drug-likeness (QED) is 0.878. The second-order valence-corrected chi connectivity index (χ2v) is 5.90. The van der Waals surface area contributed by atoms with Crippen molar-refractivity contribution in [3.8, 4) is 0 Å². The molecule has 19 heavy (non-hydrogen) atoms. The van der Waals surface area contributed by atoms with E-state index in [-0.39, 0.29) is 0 Å². The third-order valence-electron chi connectivity index (χ3n) is 3.00. The Bertz CT molecular complexity index is 550. The van der Waals surface area contributed by atoms with E-state index in [2.05, 4.69) is 0 Å². The minimum atomic E-state index is -0.807. The average molecular weight is 295 g/mol. The van der Waals surface area contributed by atoms with Crippen LogP contribution in [0.3, 0.4) is 0 Å². The Balaban J connectivity index is 2.10. The fourth-order valence-corrected chi connectivity index (χ4v) is 2.51. The van der Waals surface area contributed by atoms with Crippen molar-refractivity contribution in [1.29, 1.82) is 0 Å². The van der Waals surface area contributed by atoms with Crippen LogP contribution in [0.25, 0.3) is 0 Å². The Morgan fingerprint density at radius 2 is 1.53 bits per heavy atom. The number of benzene rings is 2. The summed E-state index contributed by atoms with van der Waals surface area (Å²) >= 11 is 11.9. The number of aliphatic hydroxyl groups is 1. The van der Waals surface area contributed by atoms with Gasteiger partial charge < -0.3 is 5.11 Å². The normalized spacial score (nSPS) is 14.1. The lowest BCUT2D eigenvalue weighted by molar-refractivity contribution is 0.0608. The van der Waals surface area contributed by atoms with Gasteiger partial charge in [-0.3, -0.25) is 0 Å². The highest BCUT2D eigenvalue weighted by atomic mass is 35.5. The molecule has 1 nitrogen and oxygen atoms in total. The number of hydrogen-bond acceptors (Lipinski definition) is 1. The van der Waals surface area contributed by atoms with E-state index in [1.807, 2.05) is 49.4 Å². The molecule has 0 aliphatic carbocycles. The van der Waals surface area contributed by atoms with E-state index in [4.69, 9.17) is 23.2 Å². The maximum absolute atomic E-state index is 10.5. The Labute approximate surface area is 123 Å². The lowest BCUT2D eigenvalue weighted by atomic mass is 9.90. The van der Waals surface area contributed by atoms with Gasteiger partial charge in [0.15, 0.2) is 0 Å². The summed E-state index contributed by atoms with van der Waals surface area (Å²) in [4.78, 5) is 0. The largest absolute Gasteiger partial charge is 0.389 e. The van der Waals surface area contributed by atoms with Crippen LogP contribution in [-0.4, -0.2) is 10.7 Å². The van der Waals surface area contributed by atoms with Gasteiger partial charge in [0.25, 0.3) is 0 Å². The van der Waals surface area contributed by atoms with Crippen LogP contribution in [-0.2, 0) is 12.8 Å².